The van der Waals surface area contributed by atoms with Crippen molar-refractivity contribution in [1.82, 2.24) is 49.4 Å². The quantitative estimate of drug-likeness (QED) is 0.140. The lowest BCUT2D eigenvalue weighted by atomic mass is 10.0. The fourth-order valence-electron chi connectivity index (χ4n) is 7.76. The average molecular weight is 875 g/mol. The van der Waals surface area contributed by atoms with Crippen LogP contribution in [0.3, 0.4) is 0 Å². The third-order valence-electron chi connectivity index (χ3n) is 11.1. The molecule has 0 fully saturated rings. The number of rotatable bonds is 10. The van der Waals surface area contributed by atoms with Crippen LogP contribution in [0.15, 0.2) is 110 Å². The minimum Gasteiger partial charge on any atom is -0.497 e. The second kappa shape index (κ2) is 18.6. The first kappa shape index (κ1) is 42.7. The Labute approximate surface area is 375 Å². The van der Waals surface area contributed by atoms with Gasteiger partial charge in [0.05, 0.1) is 25.3 Å². The molecule has 8 heterocycles. The Morgan fingerprint density at radius 1 is 0.677 bits per heavy atom. The Bertz CT molecular complexity index is 3080. The molecular weight excluding hydrogens is 825 g/mol. The van der Waals surface area contributed by atoms with E-state index < -0.39 is 5.60 Å². The zero-order valence-electron chi connectivity index (χ0n) is 37.0. The molecule has 0 radical (unpaired) electrons. The molecule has 0 saturated carbocycles. The lowest BCUT2D eigenvalue weighted by molar-refractivity contribution is 0.0270. The summed E-state index contributed by atoms with van der Waals surface area (Å²) in [5.41, 5.74) is 7.45. The fourth-order valence-corrected chi connectivity index (χ4v) is 7.76. The maximum Gasteiger partial charge on any atom is 0.410 e. The van der Waals surface area contributed by atoms with Crippen molar-refractivity contribution in [2.75, 3.05) is 40.4 Å². The zero-order valence-corrected chi connectivity index (χ0v) is 37.0. The van der Waals surface area contributed by atoms with Gasteiger partial charge in [0.15, 0.2) is 22.9 Å². The van der Waals surface area contributed by atoms with Crippen molar-refractivity contribution in [3.05, 3.63) is 133 Å². The first-order valence-electron chi connectivity index (χ1n) is 21.5. The molecule has 2 aliphatic heterocycles. The molecule has 65 heavy (non-hydrogen) atoms. The van der Waals surface area contributed by atoms with E-state index in [1.807, 2.05) is 102 Å². The number of ether oxygens (including phenoxy) is 5. The summed E-state index contributed by atoms with van der Waals surface area (Å²) < 4.78 is 32.3. The first-order chi connectivity index (χ1) is 31.6. The van der Waals surface area contributed by atoms with Crippen LogP contribution in [0, 0.1) is 0 Å². The number of hydrogen-bond donors (Lipinski definition) is 1. The molecule has 0 unspecified atom stereocenters. The number of carbonyl (C=O) groups excluding carboxylic acids is 1. The number of benzene rings is 2. The number of aromatic nitrogens is 8. The molecule has 0 saturated heterocycles. The summed E-state index contributed by atoms with van der Waals surface area (Å²) >= 11 is 0. The Morgan fingerprint density at radius 2 is 1.23 bits per heavy atom. The summed E-state index contributed by atoms with van der Waals surface area (Å²) in [4.78, 5) is 22.9. The monoisotopic (exact) mass is 874 g/mol. The van der Waals surface area contributed by atoms with Crippen LogP contribution >= 0.6 is 0 Å². The van der Waals surface area contributed by atoms with Crippen LogP contribution < -0.4 is 24.3 Å². The van der Waals surface area contributed by atoms with E-state index in [1.54, 1.807) is 31.5 Å². The third kappa shape index (κ3) is 9.67. The Balaban J connectivity index is 0.000000168. The average Bonchev–Trinajstić information content (AvgIpc) is 3.95. The molecule has 0 atom stereocenters. The van der Waals surface area contributed by atoms with Gasteiger partial charge in [0.25, 0.3) is 0 Å². The maximum absolute atomic E-state index is 12.4. The van der Waals surface area contributed by atoms with E-state index in [2.05, 4.69) is 60.1 Å². The van der Waals surface area contributed by atoms with E-state index in [4.69, 9.17) is 23.7 Å². The highest BCUT2D eigenvalue weighted by Gasteiger charge is 2.24. The third-order valence-corrected chi connectivity index (χ3v) is 11.1. The van der Waals surface area contributed by atoms with E-state index >= 15 is 0 Å². The Hall–Kier alpha value is -7.59. The summed E-state index contributed by atoms with van der Waals surface area (Å²) in [6, 6.07) is 23.3. The highest BCUT2D eigenvalue weighted by molar-refractivity contribution is 5.87. The summed E-state index contributed by atoms with van der Waals surface area (Å²) in [7, 11) is 3.28. The minimum absolute atomic E-state index is 0.251. The van der Waals surface area contributed by atoms with Gasteiger partial charge in [-0.1, -0.05) is 12.2 Å². The first-order valence-corrected chi connectivity index (χ1v) is 21.5. The normalized spacial score (nSPS) is 14.1. The summed E-state index contributed by atoms with van der Waals surface area (Å²) in [5, 5.41) is 22.4. The Kier molecular flexibility index (Phi) is 12.2. The van der Waals surface area contributed by atoms with Gasteiger partial charge in [-0.05, 0) is 123 Å². The van der Waals surface area contributed by atoms with Crippen LogP contribution in [0.25, 0.3) is 44.2 Å². The second-order valence-electron chi connectivity index (χ2n) is 16.6. The van der Waals surface area contributed by atoms with Crippen molar-refractivity contribution in [1.29, 1.82) is 0 Å². The van der Waals surface area contributed by atoms with E-state index in [-0.39, 0.29) is 12.7 Å². The Morgan fingerprint density at radius 3 is 1.71 bits per heavy atom. The number of nitrogens with zero attached hydrogens (tertiary/aromatic N) is 9. The van der Waals surface area contributed by atoms with Crippen LogP contribution in [-0.4, -0.2) is 96.2 Å². The van der Waals surface area contributed by atoms with Crippen molar-refractivity contribution in [3.8, 4) is 23.0 Å². The zero-order chi connectivity index (χ0) is 44.9. The topological polar surface area (TPSA) is 165 Å². The van der Waals surface area contributed by atoms with Crippen LogP contribution in [0.1, 0.15) is 56.4 Å². The predicted octanol–water partition coefficient (Wildman–Crippen LogP) is 8.13. The molecule has 0 aliphatic carbocycles. The standard InChI is InChI=1S/C27H29N5O4.C22H21N5O2/c1-27(2,3)36-26(33)31-13-10-18(11-14-31)19-5-8-24-29-30-25(32(24)16-19)17-35-23-9-12-28-22-15-20(34-4)6-7-21(22)23;1-28-17-3-4-18-19(12-17)24-11-8-20(18)29-14-22-26-25-21-5-2-16(13-27(21)22)15-6-9-23-10-7-15/h5-10,12,15-16H,11,13-14,17H2,1-4H3;2-6,8,11-13,23H,7,9-10,14H2,1H3. The molecule has 0 bridgehead atoms. The fraction of sp³-hybridized carbons (Fsp3) is 0.286. The van der Waals surface area contributed by atoms with Crippen LogP contribution in [0.5, 0.6) is 23.0 Å². The van der Waals surface area contributed by atoms with Gasteiger partial charge < -0.3 is 33.9 Å². The molecule has 0 spiro atoms. The van der Waals surface area contributed by atoms with Crippen molar-refractivity contribution >= 4 is 50.3 Å². The summed E-state index contributed by atoms with van der Waals surface area (Å²) in [5.74, 6) is 4.44. The predicted molar refractivity (Wildman–Crippen MR) is 247 cm³/mol. The molecule has 2 aliphatic rings. The molecule has 1 amide bonds. The van der Waals surface area contributed by atoms with E-state index in [0.717, 1.165) is 87.7 Å². The van der Waals surface area contributed by atoms with Crippen molar-refractivity contribution in [2.24, 2.45) is 0 Å². The van der Waals surface area contributed by atoms with Gasteiger partial charge in [0.2, 0.25) is 0 Å². The molecule has 1 N–H and O–H groups in total. The molecule has 16 heteroatoms. The number of amides is 1. The molecule has 16 nitrogen and oxygen atoms in total. The van der Waals surface area contributed by atoms with Gasteiger partial charge in [-0.15, -0.1) is 20.4 Å². The molecule has 6 aromatic heterocycles. The van der Waals surface area contributed by atoms with Crippen molar-refractivity contribution in [2.45, 2.75) is 52.4 Å². The van der Waals surface area contributed by atoms with Gasteiger partial charge >= 0.3 is 6.09 Å². The van der Waals surface area contributed by atoms with Gasteiger partial charge in [-0.2, -0.15) is 0 Å². The number of fused-ring (bicyclic) bond motifs is 4. The lowest BCUT2D eigenvalue weighted by Crippen LogP contribution is -2.39. The number of hydrogen-bond acceptors (Lipinski definition) is 13. The molecule has 10 rings (SSSR count). The number of nitrogens with one attached hydrogen (secondary N) is 1. The highest BCUT2D eigenvalue weighted by atomic mass is 16.6. The van der Waals surface area contributed by atoms with Gasteiger partial charge in [0.1, 0.15) is 41.8 Å². The van der Waals surface area contributed by atoms with E-state index in [9.17, 15) is 4.79 Å². The number of carbonyl (C=O) groups is 1. The van der Waals surface area contributed by atoms with Gasteiger partial charge in [-0.25, -0.2) is 4.79 Å². The van der Waals surface area contributed by atoms with Crippen LogP contribution in [0.4, 0.5) is 4.79 Å². The lowest BCUT2D eigenvalue weighted by Gasteiger charge is -2.29. The van der Waals surface area contributed by atoms with E-state index in [0.29, 0.717) is 31.3 Å². The van der Waals surface area contributed by atoms with E-state index in [1.165, 1.54) is 16.7 Å². The number of pyridine rings is 4. The largest absolute Gasteiger partial charge is 0.497 e. The SMILES string of the molecule is COc1ccc2c(OCc3nnc4ccc(C5=CCN(C(=O)OC(C)(C)C)CC5)cn34)ccnc2c1.COc1ccc2c(OCc3nnc4ccc(C5=CCNCC5)cn34)ccnc2c1. The van der Waals surface area contributed by atoms with Gasteiger partial charge in [0, 0.05) is 67.3 Å². The smallest absolute Gasteiger partial charge is 0.410 e. The summed E-state index contributed by atoms with van der Waals surface area (Å²) in [6.45, 7) is 9.22. The van der Waals surface area contributed by atoms with Crippen LogP contribution in [0.2, 0.25) is 0 Å². The maximum atomic E-state index is 12.4. The molecular formula is C49H50N10O6. The molecule has 8 aromatic rings. The molecule has 2 aromatic carbocycles. The van der Waals surface area contributed by atoms with Crippen molar-refractivity contribution < 1.29 is 28.5 Å². The van der Waals surface area contributed by atoms with Crippen molar-refractivity contribution in [3.63, 3.8) is 0 Å². The second-order valence-corrected chi connectivity index (χ2v) is 16.6. The van der Waals surface area contributed by atoms with Gasteiger partial charge in [-0.3, -0.25) is 18.8 Å². The molecule has 332 valence electrons. The minimum atomic E-state index is -0.506. The highest BCUT2D eigenvalue weighted by Crippen LogP contribution is 2.30. The summed E-state index contributed by atoms with van der Waals surface area (Å²) in [6.07, 6.45) is 13.4. The number of methoxy groups -OCH3 is 2. The van der Waals surface area contributed by atoms with Crippen LogP contribution in [-0.2, 0) is 18.0 Å².